The minimum atomic E-state index is -1.15. The molecule has 0 aliphatic carbocycles. The van der Waals surface area contributed by atoms with Crippen molar-refractivity contribution in [2.24, 2.45) is 0 Å². The SMILES string of the molecule is CC/C=C/C=C/C=C/C=C/C=C/CCCC(=O)OCC(COCCC(C(=O)[O-])[N+](C)(C)C)OC(=O)CC/C=C/C/C=C/C/C=C/C/C=C/C/C=C/C/C=C/CC. The number of allylic oxidation sites excluding steroid dienone is 22. The van der Waals surface area contributed by atoms with Crippen molar-refractivity contribution in [3.63, 3.8) is 0 Å². The topological polar surface area (TPSA) is 102 Å². The van der Waals surface area contributed by atoms with Gasteiger partial charge in [0.05, 0.1) is 40.3 Å². The largest absolute Gasteiger partial charge is 0.544 e. The van der Waals surface area contributed by atoms with Crippen LogP contribution in [0.25, 0.3) is 0 Å². The predicted molar refractivity (Wildman–Crippen MR) is 230 cm³/mol. The molecular formula is C48H71NO7. The number of esters is 2. The molecule has 8 nitrogen and oxygen atoms in total. The van der Waals surface area contributed by atoms with Crippen LogP contribution < -0.4 is 5.11 Å². The van der Waals surface area contributed by atoms with Crippen LogP contribution in [0.5, 0.6) is 0 Å². The molecule has 0 heterocycles. The fourth-order valence-corrected chi connectivity index (χ4v) is 4.83. The molecule has 2 unspecified atom stereocenters. The molecule has 0 aliphatic heterocycles. The van der Waals surface area contributed by atoms with Crippen molar-refractivity contribution in [3.8, 4) is 0 Å². The zero-order chi connectivity index (χ0) is 41.4. The number of quaternary nitrogens is 1. The summed E-state index contributed by atoms with van der Waals surface area (Å²) in [5, 5.41) is 11.6. The second-order valence-electron chi connectivity index (χ2n) is 13.9. The Balaban J connectivity index is 4.66. The van der Waals surface area contributed by atoms with Crippen molar-refractivity contribution in [3.05, 3.63) is 134 Å². The Morgan fingerprint density at radius 1 is 0.554 bits per heavy atom. The van der Waals surface area contributed by atoms with Crippen LogP contribution in [0, 0.1) is 0 Å². The third kappa shape index (κ3) is 35.2. The van der Waals surface area contributed by atoms with E-state index in [2.05, 4.69) is 80.7 Å². The molecular weight excluding hydrogens is 703 g/mol. The zero-order valence-corrected chi connectivity index (χ0v) is 35.0. The third-order valence-corrected chi connectivity index (χ3v) is 7.92. The number of nitrogens with zero attached hydrogens (tertiary/aromatic N) is 1. The monoisotopic (exact) mass is 774 g/mol. The molecule has 0 fully saturated rings. The molecule has 0 aliphatic rings. The fourth-order valence-electron chi connectivity index (χ4n) is 4.83. The highest BCUT2D eigenvalue weighted by molar-refractivity contribution is 5.70. The van der Waals surface area contributed by atoms with E-state index < -0.39 is 24.1 Å². The van der Waals surface area contributed by atoms with Crippen LogP contribution in [0.1, 0.15) is 97.3 Å². The smallest absolute Gasteiger partial charge is 0.306 e. The van der Waals surface area contributed by atoms with Gasteiger partial charge in [0.1, 0.15) is 12.6 Å². The number of unbranched alkanes of at least 4 members (excludes halogenated alkanes) is 1. The molecule has 8 heteroatoms. The highest BCUT2D eigenvalue weighted by Crippen LogP contribution is 2.09. The summed E-state index contributed by atoms with van der Waals surface area (Å²) < 4.78 is 16.9. The number of carbonyl (C=O) groups is 3. The summed E-state index contributed by atoms with van der Waals surface area (Å²) in [4.78, 5) is 36.7. The van der Waals surface area contributed by atoms with Crippen LogP contribution in [-0.2, 0) is 28.6 Å². The number of likely N-dealkylation sites (N-methyl/N-ethyl adjacent to an activating group) is 1. The van der Waals surface area contributed by atoms with Crippen molar-refractivity contribution < 1.29 is 38.2 Å². The standard InChI is InChI=1S/C48H71NO7/c1-6-8-10-12-14-16-18-20-21-22-23-24-25-27-29-31-33-35-37-39-47(51)56-44(42-54-41-40-45(48(52)53)49(3,4)5)43-55-46(50)38-36-34-32-30-28-26-19-17-15-13-11-9-7-2/h8-11,13-17,19-21,23-24,26-30,32-33,35,44-45H,6-7,12,18,22,25,31,34,36-43H2,1-5H3/b10-8+,11-9+,15-13+,16-14+,19-17+,21-20+,24-23+,28-26+,29-27+,32-30+,35-33+. The molecule has 0 rings (SSSR count). The molecule has 0 N–H and O–H groups in total. The second-order valence-corrected chi connectivity index (χ2v) is 13.9. The van der Waals surface area contributed by atoms with Gasteiger partial charge in [0.2, 0.25) is 0 Å². The van der Waals surface area contributed by atoms with Crippen LogP contribution in [0.4, 0.5) is 0 Å². The highest BCUT2D eigenvalue weighted by Gasteiger charge is 2.25. The third-order valence-electron chi connectivity index (χ3n) is 7.92. The number of hydrogen-bond donors (Lipinski definition) is 0. The van der Waals surface area contributed by atoms with Crippen LogP contribution in [0.2, 0.25) is 0 Å². The van der Waals surface area contributed by atoms with E-state index in [4.69, 9.17) is 14.2 Å². The summed E-state index contributed by atoms with van der Waals surface area (Å²) in [6.07, 6.45) is 53.6. The molecule has 56 heavy (non-hydrogen) atoms. The van der Waals surface area contributed by atoms with E-state index >= 15 is 0 Å². The molecule has 0 saturated carbocycles. The lowest BCUT2D eigenvalue weighted by Crippen LogP contribution is -2.55. The van der Waals surface area contributed by atoms with Gasteiger partial charge in [-0.25, -0.2) is 0 Å². The van der Waals surface area contributed by atoms with Crippen LogP contribution in [0.15, 0.2) is 134 Å². The lowest BCUT2D eigenvalue weighted by Gasteiger charge is -2.34. The number of hydrogen-bond acceptors (Lipinski definition) is 7. The van der Waals surface area contributed by atoms with E-state index in [-0.39, 0.29) is 49.5 Å². The Morgan fingerprint density at radius 3 is 1.54 bits per heavy atom. The molecule has 0 aromatic rings. The molecule has 0 aromatic carbocycles. The molecule has 0 bridgehead atoms. The van der Waals surface area contributed by atoms with Crippen LogP contribution >= 0.6 is 0 Å². The summed E-state index contributed by atoms with van der Waals surface area (Å²) in [7, 11) is 5.33. The summed E-state index contributed by atoms with van der Waals surface area (Å²) in [6, 6.07) is -0.758. The van der Waals surface area contributed by atoms with Gasteiger partial charge in [-0.1, -0.05) is 148 Å². The maximum Gasteiger partial charge on any atom is 0.306 e. The van der Waals surface area contributed by atoms with Crippen molar-refractivity contribution in [2.45, 2.75) is 109 Å². The molecule has 0 amide bonds. The number of carboxylic acids is 1. The predicted octanol–water partition coefficient (Wildman–Crippen LogP) is 9.51. The molecule has 0 spiro atoms. The van der Waals surface area contributed by atoms with Crippen LogP contribution in [-0.4, -0.2) is 75.5 Å². The average molecular weight is 774 g/mol. The molecule has 0 saturated heterocycles. The molecule has 310 valence electrons. The minimum Gasteiger partial charge on any atom is -0.544 e. The fraction of sp³-hybridized carbons (Fsp3) is 0.479. The van der Waals surface area contributed by atoms with E-state index in [1.165, 1.54) is 0 Å². The van der Waals surface area contributed by atoms with Gasteiger partial charge in [0.25, 0.3) is 0 Å². The van der Waals surface area contributed by atoms with Gasteiger partial charge in [-0.05, 0) is 64.2 Å². The summed E-state index contributed by atoms with van der Waals surface area (Å²) in [6.45, 7) is 4.19. The molecule has 2 atom stereocenters. The first kappa shape index (κ1) is 51.5. The Kier molecular flexibility index (Phi) is 34.4. The highest BCUT2D eigenvalue weighted by atomic mass is 16.6. The summed E-state index contributed by atoms with van der Waals surface area (Å²) in [5.41, 5.74) is 0. The Hall–Kier alpha value is -4.53. The number of carbonyl (C=O) groups excluding carboxylic acids is 3. The zero-order valence-electron chi connectivity index (χ0n) is 35.0. The first-order chi connectivity index (χ1) is 27.1. The van der Waals surface area contributed by atoms with Crippen molar-refractivity contribution in [1.29, 1.82) is 0 Å². The molecule has 0 aromatic heterocycles. The Bertz CT molecular complexity index is 1370. The van der Waals surface area contributed by atoms with Gasteiger partial charge < -0.3 is 28.6 Å². The Morgan fingerprint density at radius 2 is 1.04 bits per heavy atom. The van der Waals surface area contributed by atoms with Gasteiger partial charge in [-0.15, -0.1) is 0 Å². The first-order valence-electron chi connectivity index (χ1n) is 20.3. The van der Waals surface area contributed by atoms with Crippen molar-refractivity contribution in [2.75, 3.05) is 41.0 Å². The molecule has 0 radical (unpaired) electrons. The maximum atomic E-state index is 12.7. The number of carboxylic acid groups (broad SMARTS) is 1. The summed E-state index contributed by atoms with van der Waals surface area (Å²) >= 11 is 0. The van der Waals surface area contributed by atoms with Gasteiger partial charge in [0.15, 0.2) is 6.10 Å². The van der Waals surface area contributed by atoms with Gasteiger partial charge in [-0.2, -0.15) is 0 Å². The van der Waals surface area contributed by atoms with Crippen molar-refractivity contribution in [1.82, 2.24) is 0 Å². The van der Waals surface area contributed by atoms with Gasteiger partial charge in [-0.3, -0.25) is 9.59 Å². The quantitative estimate of drug-likeness (QED) is 0.0215. The van der Waals surface area contributed by atoms with Gasteiger partial charge >= 0.3 is 11.9 Å². The number of aliphatic carboxylic acids is 1. The van der Waals surface area contributed by atoms with E-state index in [1.807, 2.05) is 66.8 Å². The number of rotatable bonds is 33. The maximum absolute atomic E-state index is 12.7. The van der Waals surface area contributed by atoms with E-state index in [1.54, 1.807) is 21.1 Å². The van der Waals surface area contributed by atoms with Crippen molar-refractivity contribution >= 4 is 17.9 Å². The summed E-state index contributed by atoms with van der Waals surface area (Å²) in [5.74, 6) is -1.97. The first-order valence-corrected chi connectivity index (χ1v) is 20.3. The normalized spacial score (nSPS) is 14.4. The van der Waals surface area contributed by atoms with Crippen LogP contribution in [0.3, 0.4) is 0 Å². The lowest BCUT2D eigenvalue weighted by atomic mass is 10.1. The van der Waals surface area contributed by atoms with Gasteiger partial charge in [0, 0.05) is 19.3 Å². The van der Waals surface area contributed by atoms with E-state index in [0.29, 0.717) is 19.3 Å². The Labute approximate surface area is 339 Å². The second kappa shape index (κ2) is 37.4. The number of ether oxygens (including phenoxy) is 3. The lowest BCUT2D eigenvalue weighted by molar-refractivity contribution is -0.889. The van der Waals surface area contributed by atoms with E-state index in [0.717, 1.165) is 44.9 Å². The van der Waals surface area contributed by atoms with E-state index in [9.17, 15) is 19.5 Å². The minimum absolute atomic E-state index is 0.0232. The average Bonchev–Trinajstić information content (AvgIpc) is 3.15.